The number of ether oxygens (including phenoxy) is 2. The van der Waals surface area contributed by atoms with E-state index in [1.807, 2.05) is 97.9 Å². The number of rotatable bonds is 14. The summed E-state index contributed by atoms with van der Waals surface area (Å²) >= 11 is 0. The van der Waals surface area contributed by atoms with Crippen molar-refractivity contribution in [1.29, 1.82) is 0 Å². The first-order valence-corrected chi connectivity index (χ1v) is 17.6. The van der Waals surface area contributed by atoms with Gasteiger partial charge in [0.05, 0.1) is 26.2 Å². The SMILES string of the molecule is CC[C@@H](NC(=O)N1C(=O)[C@H](Cc2ccnc(N(Cc3ccc(OC)cc3)Cc3ccc(OC)cc3)c2)[C@H]1C(=O)N(C)c1ccn(C)n1)c1ccccc1. The van der Waals surface area contributed by atoms with Crippen molar-refractivity contribution >= 4 is 29.5 Å². The number of aromatic nitrogens is 3. The molecule has 12 heteroatoms. The molecule has 3 heterocycles. The molecular formula is C41H45N7O5. The van der Waals surface area contributed by atoms with Gasteiger partial charge in [-0.15, -0.1) is 0 Å². The van der Waals surface area contributed by atoms with Crippen LogP contribution in [0.2, 0.25) is 0 Å². The zero-order valence-electron chi connectivity index (χ0n) is 30.7. The molecular weight excluding hydrogens is 670 g/mol. The number of nitrogens with one attached hydrogen (secondary N) is 1. The molecule has 3 aromatic carbocycles. The lowest BCUT2D eigenvalue weighted by atomic mass is 9.81. The number of aryl methyl sites for hydroxylation is 1. The lowest BCUT2D eigenvalue weighted by Crippen LogP contribution is -2.70. The average Bonchev–Trinajstić information content (AvgIpc) is 3.64. The van der Waals surface area contributed by atoms with Gasteiger partial charge >= 0.3 is 6.03 Å². The highest BCUT2D eigenvalue weighted by Gasteiger charge is 2.55. The minimum atomic E-state index is -1.03. The first-order chi connectivity index (χ1) is 25.7. The smallest absolute Gasteiger partial charge is 0.325 e. The monoisotopic (exact) mass is 715 g/mol. The van der Waals surface area contributed by atoms with Crippen LogP contribution in [0.5, 0.6) is 11.5 Å². The number of likely N-dealkylation sites (tertiary alicyclic amines) is 1. The van der Waals surface area contributed by atoms with Crippen LogP contribution >= 0.6 is 0 Å². The maximum absolute atomic E-state index is 14.2. The number of β-lactam (4-membered cyclic amide) rings is 1. The molecule has 0 bridgehead atoms. The first-order valence-electron chi connectivity index (χ1n) is 17.6. The zero-order valence-corrected chi connectivity index (χ0v) is 30.7. The summed E-state index contributed by atoms with van der Waals surface area (Å²) in [5.74, 6) is 1.08. The summed E-state index contributed by atoms with van der Waals surface area (Å²) in [4.78, 5) is 51.2. The highest BCUT2D eigenvalue weighted by Crippen LogP contribution is 2.34. The molecule has 4 amide bonds. The van der Waals surface area contributed by atoms with E-state index >= 15 is 0 Å². The van der Waals surface area contributed by atoms with Crippen molar-refractivity contribution in [3.05, 3.63) is 132 Å². The van der Waals surface area contributed by atoms with Crippen molar-refractivity contribution in [3.8, 4) is 11.5 Å². The Labute approximate surface area is 309 Å². The van der Waals surface area contributed by atoms with Crippen LogP contribution in [0, 0.1) is 5.92 Å². The number of carbonyl (C=O) groups is 3. The van der Waals surface area contributed by atoms with Crippen LogP contribution < -0.4 is 24.6 Å². The number of amides is 4. The van der Waals surface area contributed by atoms with E-state index in [1.54, 1.807) is 51.5 Å². The molecule has 0 saturated carbocycles. The van der Waals surface area contributed by atoms with Gasteiger partial charge in [-0.3, -0.25) is 24.1 Å². The molecule has 0 unspecified atom stereocenters. The maximum atomic E-state index is 14.2. The minimum absolute atomic E-state index is 0.236. The fourth-order valence-corrected chi connectivity index (χ4v) is 6.61. The Hall–Kier alpha value is -6.17. The highest BCUT2D eigenvalue weighted by atomic mass is 16.5. The fraction of sp³-hybridized carbons (Fsp3) is 0.293. The van der Waals surface area contributed by atoms with Crippen LogP contribution in [0.25, 0.3) is 0 Å². The highest BCUT2D eigenvalue weighted by molar-refractivity contribution is 6.12. The lowest BCUT2D eigenvalue weighted by Gasteiger charge is -2.45. The van der Waals surface area contributed by atoms with Gasteiger partial charge in [0.1, 0.15) is 23.4 Å². The summed E-state index contributed by atoms with van der Waals surface area (Å²) in [5.41, 5.74) is 3.86. The zero-order chi connectivity index (χ0) is 37.5. The second-order valence-electron chi connectivity index (χ2n) is 13.1. The van der Waals surface area contributed by atoms with Crippen LogP contribution in [-0.2, 0) is 36.1 Å². The summed E-state index contributed by atoms with van der Waals surface area (Å²) < 4.78 is 12.3. The Balaban J connectivity index is 1.27. The van der Waals surface area contributed by atoms with Gasteiger partial charge in [-0.05, 0) is 71.5 Å². The van der Waals surface area contributed by atoms with Gasteiger partial charge < -0.3 is 19.7 Å². The quantitative estimate of drug-likeness (QED) is 0.141. The molecule has 5 aromatic rings. The van der Waals surface area contributed by atoms with Crippen LogP contribution in [-0.4, -0.2) is 64.8 Å². The van der Waals surface area contributed by atoms with Crippen LogP contribution in [0.3, 0.4) is 0 Å². The van der Waals surface area contributed by atoms with Gasteiger partial charge in [-0.25, -0.2) is 9.78 Å². The number of urea groups is 1. The number of carbonyl (C=O) groups excluding carboxylic acids is 3. The minimum Gasteiger partial charge on any atom is -0.497 e. The van der Waals surface area contributed by atoms with Crippen molar-refractivity contribution in [2.24, 2.45) is 13.0 Å². The van der Waals surface area contributed by atoms with Crippen molar-refractivity contribution in [2.45, 2.75) is 44.9 Å². The third-order valence-electron chi connectivity index (χ3n) is 9.62. The Morgan fingerprint density at radius 3 is 2.02 bits per heavy atom. The van der Waals surface area contributed by atoms with E-state index in [9.17, 15) is 14.4 Å². The van der Waals surface area contributed by atoms with Crippen LogP contribution in [0.15, 0.2) is 109 Å². The predicted molar refractivity (Wildman–Crippen MR) is 203 cm³/mol. The molecule has 1 aliphatic heterocycles. The maximum Gasteiger partial charge on any atom is 0.325 e. The molecule has 0 spiro atoms. The largest absolute Gasteiger partial charge is 0.497 e. The third kappa shape index (κ3) is 8.33. The first kappa shape index (κ1) is 36.6. The van der Waals surface area contributed by atoms with Gasteiger partial charge in [0.2, 0.25) is 5.91 Å². The fourth-order valence-electron chi connectivity index (χ4n) is 6.61. The molecule has 2 aromatic heterocycles. The number of methoxy groups -OCH3 is 2. The number of benzene rings is 3. The summed E-state index contributed by atoms with van der Waals surface area (Å²) in [5, 5.41) is 7.38. The Kier molecular flexibility index (Phi) is 11.4. The van der Waals surface area contributed by atoms with E-state index in [0.717, 1.165) is 38.7 Å². The topological polar surface area (TPSA) is 122 Å². The number of likely N-dealkylation sites (N-methyl/N-ethyl adjacent to an activating group) is 1. The van der Waals surface area contributed by atoms with E-state index in [0.29, 0.717) is 31.1 Å². The third-order valence-corrected chi connectivity index (χ3v) is 9.62. The number of pyridine rings is 1. The van der Waals surface area contributed by atoms with E-state index in [1.165, 1.54) is 4.90 Å². The number of hydrogen-bond acceptors (Lipinski definition) is 8. The molecule has 6 rings (SSSR count). The molecule has 1 saturated heterocycles. The molecule has 3 atom stereocenters. The standard InChI is InChI=1S/C41H45N7O5/c1-6-35(31-10-8-7-9-11-31)43-41(51)48-38(40(50)46(3)36-21-23-45(2)44-36)34(39(48)49)24-30-20-22-42-37(25-30)47(26-28-12-16-32(52-4)17-13-28)27-29-14-18-33(53-5)19-15-29/h7-23,25,34-35,38H,6,24,26-27H2,1-5H3,(H,43,51)/t34-,35-,38+/m1/s1. The van der Waals surface area contributed by atoms with Gasteiger partial charge in [0.15, 0.2) is 5.82 Å². The Bertz CT molecular complexity index is 1970. The van der Waals surface area contributed by atoms with Crippen molar-refractivity contribution in [1.82, 2.24) is 25.0 Å². The second kappa shape index (κ2) is 16.4. The molecule has 0 aliphatic carbocycles. The van der Waals surface area contributed by atoms with Crippen molar-refractivity contribution < 1.29 is 23.9 Å². The molecule has 12 nitrogen and oxygen atoms in total. The van der Waals surface area contributed by atoms with Crippen molar-refractivity contribution in [3.63, 3.8) is 0 Å². The molecule has 1 N–H and O–H groups in total. The second-order valence-corrected chi connectivity index (χ2v) is 13.1. The van der Waals surface area contributed by atoms with Gasteiger partial charge in [0.25, 0.3) is 5.91 Å². The number of anilines is 2. The molecule has 0 radical (unpaired) electrons. The molecule has 1 aliphatic rings. The van der Waals surface area contributed by atoms with Gasteiger partial charge in [-0.2, -0.15) is 5.10 Å². The van der Waals surface area contributed by atoms with E-state index < -0.39 is 29.8 Å². The molecule has 53 heavy (non-hydrogen) atoms. The van der Waals surface area contributed by atoms with Crippen molar-refractivity contribution in [2.75, 3.05) is 31.1 Å². The van der Waals surface area contributed by atoms with E-state index in [2.05, 4.69) is 15.3 Å². The Morgan fingerprint density at radius 1 is 0.849 bits per heavy atom. The van der Waals surface area contributed by atoms with Crippen LogP contribution in [0.4, 0.5) is 16.4 Å². The predicted octanol–water partition coefficient (Wildman–Crippen LogP) is 5.93. The average molecular weight is 716 g/mol. The number of imide groups is 1. The van der Waals surface area contributed by atoms with Gasteiger partial charge in [0, 0.05) is 45.6 Å². The summed E-state index contributed by atoms with van der Waals surface area (Å²) in [6, 6.07) is 28.9. The Morgan fingerprint density at radius 2 is 1.47 bits per heavy atom. The number of hydrogen-bond donors (Lipinski definition) is 1. The normalized spacial score (nSPS) is 15.6. The number of nitrogens with zero attached hydrogens (tertiary/aromatic N) is 6. The van der Waals surface area contributed by atoms with Gasteiger partial charge in [-0.1, -0.05) is 61.5 Å². The molecule has 1 fully saturated rings. The van der Waals surface area contributed by atoms with E-state index in [4.69, 9.17) is 14.5 Å². The summed E-state index contributed by atoms with van der Waals surface area (Å²) in [6.07, 6.45) is 4.30. The van der Waals surface area contributed by atoms with Crippen LogP contribution in [0.1, 0.15) is 41.6 Å². The van der Waals surface area contributed by atoms with E-state index in [-0.39, 0.29) is 12.5 Å². The molecule has 274 valence electrons. The summed E-state index contributed by atoms with van der Waals surface area (Å²) in [6.45, 7) is 3.07. The lowest BCUT2D eigenvalue weighted by molar-refractivity contribution is -0.156. The summed E-state index contributed by atoms with van der Waals surface area (Å²) in [7, 11) is 6.65.